The second kappa shape index (κ2) is 8.63. The van der Waals surface area contributed by atoms with E-state index in [4.69, 9.17) is 18.8 Å². The monoisotopic (exact) mass is 384 g/mol. The highest BCUT2D eigenvalue weighted by Crippen LogP contribution is 2.54. The van der Waals surface area contributed by atoms with E-state index >= 15 is 0 Å². The van der Waals surface area contributed by atoms with Crippen molar-refractivity contribution in [1.82, 2.24) is 0 Å². The molecule has 0 atom stereocenters. The van der Waals surface area contributed by atoms with Crippen molar-refractivity contribution in [3.63, 3.8) is 0 Å². The molecule has 6 nitrogen and oxygen atoms in total. The Kier molecular flexibility index (Phi) is 7.03. The van der Waals surface area contributed by atoms with Crippen molar-refractivity contribution in [3.05, 3.63) is 71.8 Å². The molecule has 0 spiro atoms. The maximum atomic E-state index is 9.71. The Morgan fingerprint density at radius 1 is 0.760 bits per heavy atom. The van der Waals surface area contributed by atoms with E-state index in [9.17, 15) is 9.79 Å². The largest absolute Gasteiger partial charge is 0.328 e. The highest BCUT2D eigenvalue weighted by molar-refractivity contribution is 7.39. The van der Waals surface area contributed by atoms with Crippen molar-refractivity contribution < 1.29 is 28.6 Å². The van der Waals surface area contributed by atoms with Gasteiger partial charge in [-0.3, -0.25) is 4.52 Å². The lowest BCUT2D eigenvalue weighted by atomic mass is 9.67. The molecule has 0 aromatic heterocycles. The highest BCUT2D eigenvalue weighted by Gasteiger charge is 2.51. The molecule has 0 bridgehead atoms. The SMILES string of the molecule is CC(C)(COP(O)O)C(OP(O)O)(c1ccccc1)c1ccccc1. The van der Waals surface area contributed by atoms with E-state index in [-0.39, 0.29) is 6.61 Å². The number of rotatable bonds is 8. The van der Waals surface area contributed by atoms with Crippen LogP contribution in [0.25, 0.3) is 0 Å². The van der Waals surface area contributed by atoms with Crippen LogP contribution < -0.4 is 0 Å². The van der Waals surface area contributed by atoms with Crippen LogP contribution in [-0.4, -0.2) is 26.2 Å². The lowest BCUT2D eigenvalue weighted by Crippen LogP contribution is -2.47. The Morgan fingerprint density at radius 3 is 1.56 bits per heavy atom. The zero-order valence-electron chi connectivity index (χ0n) is 14.0. The predicted molar refractivity (Wildman–Crippen MR) is 97.2 cm³/mol. The normalized spacial score (nSPS) is 12.8. The number of hydrogen-bond acceptors (Lipinski definition) is 6. The maximum absolute atomic E-state index is 9.71. The molecule has 25 heavy (non-hydrogen) atoms. The molecule has 0 aliphatic heterocycles. The molecule has 4 N–H and O–H groups in total. The third kappa shape index (κ3) is 4.62. The Balaban J connectivity index is 2.67. The van der Waals surface area contributed by atoms with E-state index in [1.54, 1.807) is 0 Å². The van der Waals surface area contributed by atoms with E-state index in [1.807, 2.05) is 74.5 Å². The van der Waals surface area contributed by atoms with Gasteiger partial charge in [-0.2, -0.15) is 0 Å². The Labute approximate surface area is 149 Å². The fourth-order valence-electron chi connectivity index (χ4n) is 2.97. The van der Waals surface area contributed by atoms with Gasteiger partial charge in [-0.05, 0) is 11.1 Å². The Morgan fingerprint density at radius 2 is 1.20 bits per heavy atom. The van der Waals surface area contributed by atoms with E-state index in [2.05, 4.69) is 0 Å². The molecule has 2 aromatic carbocycles. The molecule has 0 fully saturated rings. The van der Waals surface area contributed by atoms with Gasteiger partial charge in [0.25, 0.3) is 0 Å². The molecule has 0 heterocycles. The first-order valence-corrected chi connectivity index (χ1v) is 9.91. The predicted octanol–water partition coefficient (Wildman–Crippen LogP) is 3.41. The summed E-state index contributed by atoms with van der Waals surface area (Å²) < 4.78 is 10.8. The number of hydrogen-bond donors (Lipinski definition) is 4. The second-order valence-corrected chi connectivity index (χ2v) is 7.62. The molecule has 0 saturated heterocycles. The molecule has 0 saturated carbocycles. The summed E-state index contributed by atoms with van der Waals surface area (Å²) >= 11 is 0. The van der Waals surface area contributed by atoms with Crippen LogP contribution in [0.5, 0.6) is 0 Å². The van der Waals surface area contributed by atoms with Gasteiger partial charge >= 0.3 is 17.2 Å². The minimum Gasteiger partial charge on any atom is -0.328 e. The van der Waals surface area contributed by atoms with Gasteiger partial charge in [-0.1, -0.05) is 74.5 Å². The van der Waals surface area contributed by atoms with E-state index < -0.39 is 28.2 Å². The topological polar surface area (TPSA) is 99.4 Å². The maximum Gasteiger partial charge on any atom is 0.328 e. The van der Waals surface area contributed by atoms with Gasteiger partial charge in [-0.25, -0.2) is 0 Å². The first-order chi connectivity index (χ1) is 11.8. The third-order valence-corrected chi connectivity index (χ3v) is 4.87. The van der Waals surface area contributed by atoms with Crippen LogP contribution in [0.15, 0.2) is 60.7 Å². The number of benzene rings is 2. The summed E-state index contributed by atoms with van der Waals surface area (Å²) in [6, 6.07) is 18.3. The second-order valence-electron chi connectivity index (χ2n) is 6.17. The molecular weight excluding hydrogens is 362 g/mol. The minimum absolute atomic E-state index is 0.0708. The van der Waals surface area contributed by atoms with Gasteiger partial charge < -0.3 is 24.1 Å². The highest BCUT2D eigenvalue weighted by atomic mass is 31.2. The van der Waals surface area contributed by atoms with Gasteiger partial charge in [0.2, 0.25) is 0 Å². The van der Waals surface area contributed by atoms with Crippen LogP contribution in [0.1, 0.15) is 25.0 Å². The van der Waals surface area contributed by atoms with E-state index in [1.165, 1.54) is 0 Å². The zero-order chi connectivity index (χ0) is 18.5. The quantitative estimate of drug-likeness (QED) is 0.521. The molecule has 0 unspecified atom stereocenters. The van der Waals surface area contributed by atoms with Crippen molar-refractivity contribution >= 4 is 17.2 Å². The first kappa shape index (κ1) is 20.4. The van der Waals surface area contributed by atoms with Gasteiger partial charge in [-0.15, -0.1) is 0 Å². The molecule has 2 aromatic rings. The molecule has 136 valence electrons. The first-order valence-electron chi connectivity index (χ1n) is 7.58. The van der Waals surface area contributed by atoms with Crippen LogP contribution in [0, 0.1) is 5.41 Å². The molecule has 0 radical (unpaired) electrons. The fraction of sp³-hybridized carbons (Fsp3) is 0.294. The van der Waals surface area contributed by atoms with Crippen molar-refractivity contribution in [2.24, 2.45) is 5.41 Å². The van der Waals surface area contributed by atoms with Crippen LogP contribution >= 0.6 is 17.2 Å². The van der Waals surface area contributed by atoms with Gasteiger partial charge in [0.1, 0.15) is 5.60 Å². The lowest BCUT2D eigenvalue weighted by Gasteiger charge is -2.46. The van der Waals surface area contributed by atoms with E-state index in [0.717, 1.165) is 0 Å². The average molecular weight is 384 g/mol. The summed E-state index contributed by atoms with van der Waals surface area (Å²) in [6.45, 7) is 3.55. The molecule has 0 aliphatic rings. The minimum atomic E-state index is -2.70. The summed E-state index contributed by atoms with van der Waals surface area (Å²) in [7, 11) is -5.25. The summed E-state index contributed by atoms with van der Waals surface area (Å²) in [6.07, 6.45) is 0. The summed E-state index contributed by atoms with van der Waals surface area (Å²) in [5, 5.41) is 0. The van der Waals surface area contributed by atoms with Gasteiger partial charge in [0.05, 0.1) is 6.61 Å². The Hall–Kier alpha value is -0.940. The standard InChI is InChI=1S/C17H22O6P2/c1-16(2,13-22-24(18)19)17(23-25(20)21,14-9-5-3-6-10-14)15-11-7-4-8-12-15/h3-12,18-21H,13H2,1-2H3. The Bertz CT molecular complexity index is 609. The van der Waals surface area contributed by atoms with Crippen LogP contribution in [0.3, 0.4) is 0 Å². The fourth-order valence-corrected chi connectivity index (χ4v) is 4.11. The van der Waals surface area contributed by atoms with Crippen molar-refractivity contribution in [1.29, 1.82) is 0 Å². The molecule has 0 amide bonds. The molecule has 8 heteroatoms. The lowest BCUT2D eigenvalue weighted by molar-refractivity contribution is -0.0465. The zero-order valence-corrected chi connectivity index (χ0v) is 15.8. The van der Waals surface area contributed by atoms with Gasteiger partial charge in [0, 0.05) is 5.41 Å². The van der Waals surface area contributed by atoms with Crippen molar-refractivity contribution in [3.8, 4) is 0 Å². The molecular formula is C17H22O6P2. The summed E-state index contributed by atoms with van der Waals surface area (Å²) in [5.41, 5.74) is -0.736. The molecule has 0 aliphatic carbocycles. The van der Waals surface area contributed by atoms with Gasteiger partial charge in [0.15, 0.2) is 0 Å². The summed E-state index contributed by atoms with van der Waals surface area (Å²) in [5.74, 6) is 0. The molecule has 2 rings (SSSR count). The smallest absolute Gasteiger partial charge is 0.328 e. The van der Waals surface area contributed by atoms with Crippen LogP contribution in [0.4, 0.5) is 0 Å². The van der Waals surface area contributed by atoms with Crippen molar-refractivity contribution in [2.75, 3.05) is 6.61 Å². The third-order valence-electron chi connectivity index (χ3n) is 4.07. The van der Waals surface area contributed by atoms with Crippen LogP contribution in [0.2, 0.25) is 0 Å². The summed E-state index contributed by atoms with van der Waals surface area (Å²) in [4.78, 5) is 37.8. The average Bonchev–Trinajstić information content (AvgIpc) is 2.59. The van der Waals surface area contributed by atoms with Crippen molar-refractivity contribution in [2.45, 2.75) is 19.4 Å². The van der Waals surface area contributed by atoms with E-state index in [0.29, 0.717) is 11.1 Å². The van der Waals surface area contributed by atoms with Crippen LogP contribution in [-0.2, 0) is 14.6 Å².